The van der Waals surface area contributed by atoms with Gasteiger partial charge in [0.1, 0.15) is 0 Å². The van der Waals surface area contributed by atoms with Gasteiger partial charge < -0.3 is 10.3 Å². The second-order valence-corrected chi connectivity index (χ2v) is 4.47. The molecule has 0 radical (unpaired) electrons. The van der Waals surface area contributed by atoms with Gasteiger partial charge >= 0.3 is 0 Å². The average molecular weight is 211 g/mol. The summed E-state index contributed by atoms with van der Waals surface area (Å²) in [5.74, 6) is 0. The van der Waals surface area contributed by atoms with Gasteiger partial charge in [0.05, 0.1) is 0 Å². The number of rotatable bonds is 5. The first-order valence-corrected chi connectivity index (χ1v) is 6.05. The molecular formula is C12H25N3. The van der Waals surface area contributed by atoms with Crippen LogP contribution in [0.2, 0.25) is 0 Å². The van der Waals surface area contributed by atoms with E-state index in [0.717, 1.165) is 13.0 Å². The highest BCUT2D eigenvalue weighted by molar-refractivity contribution is 5.03. The first kappa shape index (κ1) is 12.5. The second kappa shape index (κ2) is 6.13. The van der Waals surface area contributed by atoms with Crippen molar-refractivity contribution in [2.24, 2.45) is 0 Å². The smallest absolute Gasteiger partial charge is 0.0448 e. The molecule has 0 spiro atoms. The molecule has 3 heteroatoms. The molecule has 88 valence electrons. The van der Waals surface area contributed by atoms with E-state index >= 15 is 0 Å². The van der Waals surface area contributed by atoms with Crippen molar-refractivity contribution in [2.75, 3.05) is 13.6 Å². The van der Waals surface area contributed by atoms with Crippen molar-refractivity contribution >= 4 is 0 Å². The molecule has 1 aliphatic heterocycles. The molecule has 1 rings (SSSR count). The number of hydrazine groups is 1. The van der Waals surface area contributed by atoms with Gasteiger partial charge in [0.2, 0.25) is 0 Å². The molecule has 0 bridgehead atoms. The van der Waals surface area contributed by atoms with Crippen molar-refractivity contribution in [2.45, 2.75) is 52.1 Å². The summed E-state index contributed by atoms with van der Waals surface area (Å²) in [6, 6.07) is 1.05. The maximum atomic E-state index is 3.57. The Labute approximate surface area is 93.9 Å². The Morgan fingerprint density at radius 2 is 2.40 bits per heavy atom. The van der Waals surface area contributed by atoms with Crippen LogP contribution >= 0.6 is 0 Å². The van der Waals surface area contributed by atoms with Crippen molar-refractivity contribution in [1.29, 1.82) is 0 Å². The van der Waals surface area contributed by atoms with E-state index < -0.39 is 0 Å². The Balaban J connectivity index is 2.31. The van der Waals surface area contributed by atoms with Crippen LogP contribution in [0.1, 0.15) is 40.0 Å². The molecule has 0 aromatic rings. The lowest BCUT2D eigenvalue weighted by Crippen LogP contribution is -2.53. The van der Waals surface area contributed by atoms with Gasteiger partial charge in [-0.05, 0) is 33.2 Å². The van der Waals surface area contributed by atoms with Crippen molar-refractivity contribution in [3.8, 4) is 0 Å². The van der Waals surface area contributed by atoms with Crippen LogP contribution in [0.4, 0.5) is 0 Å². The highest BCUT2D eigenvalue weighted by atomic mass is 15.5. The number of unbranched alkanes of at least 4 members (excludes halogenated alkanes) is 1. The Bertz CT molecular complexity index is 213. The van der Waals surface area contributed by atoms with Gasteiger partial charge in [-0.1, -0.05) is 19.4 Å². The number of hydrogen-bond acceptors (Lipinski definition) is 3. The zero-order valence-electron chi connectivity index (χ0n) is 10.5. The van der Waals surface area contributed by atoms with E-state index in [-0.39, 0.29) is 0 Å². The third kappa shape index (κ3) is 3.84. The molecule has 3 nitrogen and oxygen atoms in total. The molecule has 0 aromatic heterocycles. The van der Waals surface area contributed by atoms with Crippen molar-refractivity contribution in [3.05, 3.63) is 11.8 Å². The van der Waals surface area contributed by atoms with Crippen LogP contribution < -0.4 is 10.7 Å². The molecule has 0 fully saturated rings. The summed E-state index contributed by atoms with van der Waals surface area (Å²) < 4.78 is 0. The standard InChI is InChI=1S/C12H25N3/c1-5-6-9-13-11(3)12-8-7-10(2)15(4)14-12/h7,11-14H,5-6,8-9H2,1-4H3/t11-,12?/m1/s1. The molecule has 15 heavy (non-hydrogen) atoms. The Kier molecular flexibility index (Phi) is 5.12. The molecule has 0 saturated carbocycles. The van der Waals surface area contributed by atoms with Gasteiger partial charge in [0.25, 0.3) is 0 Å². The van der Waals surface area contributed by atoms with E-state index in [9.17, 15) is 0 Å². The number of allylic oxidation sites excluding steroid dienone is 1. The van der Waals surface area contributed by atoms with Crippen LogP contribution in [0.25, 0.3) is 0 Å². The topological polar surface area (TPSA) is 27.3 Å². The molecule has 0 amide bonds. The van der Waals surface area contributed by atoms with Crippen LogP contribution in [0.5, 0.6) is 0 Å². The molecule has 0 saturated heterocycles. The summed E-state index contributed by atoms with van der Waals surface area (Å²) in [4.78, 5) is 0. The SMILES string of the molecule is CCCCN[C@H](C)C1CC=C(C)N(C)N1. The molecule has 1 aliphatic rings. The van der Waals surface area contributed by atoms with E-state index in [2.05, 4.69) is 49.6 Å². The average Bonchev–Trinajstić information content (AvgIpc) is 2.22. The molecule has 0 aliphatic carbocycles. The highest BCUT2D eigenvalue weighted by Crippen LogP contribution is 2.12. The van der Waals surface area contributed by atoms with Gasteiger partial charge in [-0.15, -0.1) is 0 Å². The Hall–Kier alpha value is -0.540. The minimum Gasteiger partial charge on any atom is -0.316 e. The molecular weight excluding hydrogens is 186 g/mol. The summed E-state index contributed by atoms with van der Waals surface area (Å²) in [5, 5.41) is 5.69. The first-order valence-electron chi connectivity index (χ1n) is 6.05. The van der Waals surface area contributed by atoms with Crippen molar-refractivity contribution in [3.63, 3.8) is 0 Å². The lowest BCUT2D eigenvalue weighted by Gasteiger charge is -2.35. The minimum absolute atomic E-state index is 0.524. The van der Waals surface area contributed by atoms with Crippen LogP contribution in [0, 0.1) is 0 Å². The number of nitrogens with one attached hydrogen (secondary N) is 2. The van der Waals surface area contributed by atoms with E-state index in [4.69, 9.17) is 0 Å². The van der Waals surface area contributed by atoms with Gasteiger partial charge in [-0.25, -0.2) is 5.43 Å². The van der Waals surface area contributed by atoms with Crippen molar-refractivity contribution in [1.82, 2.24) is 15.8 Å². The predicted octanol–water partition coefficient (Wildman–Crippen LogP) is 1.88. The van der Waals surface area contributed by atoms with Crippen LogP contribution in [0.3, 0.4) is 0 Å². The Morgan fingerprint density at radius 3 is 3.00 bits per heavy atom. The van der Waals surface area contributed by atoms with Crippen LogP contribution in [-0.2, 0) is 0 Å². The molecule has 1 heterocycles. The maximum Gasteiger partial charge on any atom is 0.0448 e. The van der Waals surface area contributed by atoms with Crippen LogP contribution in [-0.4, -0.2) is 30.7 Å². The molecule has 2 atom stereocenters. The lowest BCUT2D eigenvalue weighted by atomic mass is 10.0. The summed E-state index contributed by atoms with van der Waals surface area (Å²) >= 11 is 0. The molecule has 1 unspecified atom stereocenters. The summed E-state index contributed by atoms with van der Waals surface area (Å²) in [5.41, 5.74) is 4.81. The summed E-state index contributed by atoms with van der Waals surface area (Å²) in [7, 11) is 2.08. The summed E-state index contributed by atoms with van der Waals surface area (Å²) in [6.45, 7) is 7.75. The van der Waals surface area contributed by atoms with Gasteiger partial charge in [0.15, 0.2) is 0 Å². The zero-order chi connectivity index (χ0) is 11.3. The fraction of sp³-hybridized carbons (Fsp3) is 0.833. The quantitative estimate of drug-likeness (QED) is 0.680. The first-order chi connectivity index (χ1) is 7.15. The normalized spacial score (nSPS) is 23.9. The lowest BCUT2D eigenvalue weighted by molar-refractivity contribution is 0.203. The zero-order valence-corrected chi connectivity index (χ0v) is 10.5. The van der Waals surface area contributed by atoms with E-state index in [1.54, 1.807) is 0 Å². The van der Waals surface area contributed by atoms with E-state index in [1.807, 2.05) is 0 Å². The third-order valence-electron chi connectivity index (χ3n) is 3.16. The number of nitrogens with zero attached hydrogens (tertiary/aromatic N) is 1. The third-order valence-corrected chi connectivity index (χ3v) is 3.16. The van der Waals surface area contributed by atoms with Gasteiger partial charge in [-0.3, -0.25) is 0 Å². The van der Waals surface area contributed by atoms with E-state index in [0.29, 0.717) is 12.1 Å². The maximum absolute atomic E-state index is 3.57. The number of hydrogen-bond donors (Lipinski definition) is 2. The van der Waals surface area contributed by atoms with Gasteiger partial charge in [-0.2, -0.15) is 0 Å². The largest absolute Gasteiger partial charge is 0.316 e. The fourth-order valence-corrected chi connectivity index (χ4v) is 1.80. The van der Waals surface area contributed by atoms with Gasteiger partial charge in [0, 0.05) is 24.8 Å². The highest BCUT2D eigenvalue weighted by Gasteiger charge is 2.20. The van der Waals surface area contributed by atoms with Crippen LogP contribution in [0.15, 0.2) is 11.8 Å². The molecule has 0 aromatic carbocycles. The monoisotopic (exact) mass is 211 g/mol. The second-order valence-electron chi connectivity index (χ2n) is 4.47. The summed E-state index contributed by atoms with van der Waals surface area (Å²) in [6.07, 6.45) is 5.95. The van der Waals surface area contributed by atoms with Crippen molar-refractivity contribution < 1.29 is 0 Å². The molecule has 2 N–H and O–H groups in total. The Morgan fingerprint density at radius 1 is 1.67 bits per heavy atom. The minimum atomic E-state index is 0.524. The van der Waals surface area contributed by atoms with E-state index in [1.165, 1.54) is 18.5 Å². The fourth-order valence-electron chi connectivity index (χ4n) is 1.80. The predicted molar refractivity (Wildman–Crippen MR) is 65.4 cm³/mol.